The molecule has 4 N–H and O–H groups in total. The van der Waals surface area contributed by atoms with Crippen LogP contribution in [0, 0.1) is 18.7 Å². The van der Waals surface area contributed by atoms with Gasteiger partial charge in [0.2, 0.25) is 0 Å². The Kier molecular flexibility index (Phi) is 21.3. The topological polar surface area (TPSA) is 91.2 Å². The van der Waals surface area contributed by atoms with Crippen molar-refractivity contribution in [2.45, 2.75) is 100 Å². The Morgan fingerprint density at radius 2 is 1.68 bits per heavy atom. The molecule has 1 aromatic carbocycles. The summed E-state index contributed by atoms with van der Waals surface area (Å²) >= 11 is 0. The molecule has 34 heavy (non-hydrogen) atoms. The van der Waals surface area contributed by atoms with Gasteiger partial charge in [0, 0.05) is 6.61 Å². The normalized spacial score (nSPS) is 13.3. The van der Waals surface area contributed by atoms with Gasteiger partial charge >= 0.3 is 0 Å². The molecule has 196 valence electrons. The standard InChI is InChI=1S/C13H14FN3O.C10H22.C3H8O.C2H6/c1-7-5-9(14)12(10(18)6-7)13-8(2)17-11(15)3-4-16-13;1-4-6-7-8-9-10(3)5-2;1-2-3-4;1-2/h3,5-6,18H,4,15H2,1-2H3;10H,4-9H2,1-3H3;4H,2-3H2,1H3;1-2H3. The Hall–Kier alpha value is -2.21. The molecule has 0 amide bonds. The van der Waals surface area contributed by atoms with Crippen molar-refractivity contribution >= 4 is 11.4 Å². The Labute approximate surface area is 208 Å². The van der Waals surface area contributed by atoms with Crippen molar-refractivity contribution < 1.29 is 14.6 Å². The summed E-state index contributed by atoms with van der Waals surface area (Å²) in [7, 11) is 0. The maximum Gasteiger partial charge on any atom is 0.136 e. The number of nitrogens with two attached hydrogens (primary N) is 1. The molecule has 1 aliphatic heterocycles. The number of halogens is 1. The minimum absolute atomic E-state index is 0.0740. The molecular weight excluding hydrogens is 429 g/mol. The highest BCUT2D eigenvalue weighted by Crippen LogP contribution is 2.24. The molecule has 6 heteroatoms. The molecule has 0 spiro atoms. The minimum Gasteiger partial charge on any atom is -0.507 e. The first-order chi connectivity index (χ1) is 16.2. The second-order valence-corrected chi connectivity index (χ2v) is 8.24. The van der Waals surface area contributed by atoms with E-state index in [4.69, 9.17) is 10.8 Å². The molecule has 0 aliphatic carbocycles. The second kappa shape index (κ2) is 21.3. The third-order valence-corrected chi connectivity index (χ3v) is 5.11. The van der Waals surface area contributed by atoms with E-state index >= 15 is 0 Å². The predicted octanol–water partition coefficient (Wildman–Crippen LogP) is 7.32. The molecule has 5 nitrogen and oxygen atoms in total. The van der Waals surface area contributed by atoms with Crippen LogP contribution >= 0.6 is 0 Å². The summed E-state index contributed by atoms with van der Waals surface area (Å²) in [6.07, 6.45) is 11.0. The van der Waals surface area contributed by atoms with E-state index in [1.165, 1.54) is 50.7 Å². The van der Waals surface area contributed by atoms with Gasteiger partial charge in [0.25, 0.3) is 0 Å². The maximum absolute atomic E-state index is 14.0. The number of hydrogen-bond acceptors (Lipinski definition) is 5. The molecule has 0 aromatic heterocycles. The largest absolute Gasteiger partial charge is 0.507 e. The maximum atomic E-state index is 14.0. The van der Waals surface area contributed by atoms with E-state index in [0.29, 0.717) is 36.0 Å². The fourth-order valence-corrected chi connectivity index (χ4v) is 2.98. The molecule has 0 radical (unpaired) electrons. The number of nitrogens with zero attached hydrogens (tertiary/aromatic N) is 2. The lowest BCUT2D eigenvalue weighted by Gasteiger charge is -2.09. The number of aliphatic hydroxyl groups is 1. The number of aromatic hydroxyl groups is 1. The van der Waals surface area contributed by atoms with Crippen molar-refractivity contribution in [1.29, 1.82) is 0 Å². The summed E-state index contributed by atoms with van der Waals surface area (Å²) in [5, 5.41) is 17.8. The third-order valence-electron chi connectivity index (χ3n) is 5.11. The van der Waals surface area contributed by atoms with Gasteiger partial charge in [0.15, 0.2) is 0 Å². The van der Waals surface area contributed by atoms with Crippen LogP contribution < -0.4 is 5.73 Å². The molecule has 0 bridgehead atoms. The predicted molar refractivity (Wildman–Crippen MR) is 147 cm³/mol. The summed E-state index contributed by atoms with van der Waals surface area (Å²) in [4.78, 5) is 8.29. The van der Waals surface area contributed by atoms with Crippen LogP contribution in [0.1, 0.15) is 105 Å². The fourth-order valence-electron chi connectivity index (χ4n) is 2.98. The highest BCUT2D eigenvalue weighted by atomic mass is 19.1. The minimum atomic E-state index is -0.513. The number of benzene rings is 1. The first kappa shape index (κ1) is 34.0. The SMILES string of the molecule is CC.CC1=NC(N)=CCN=C1c1c(O)cc(C)cc1F.CCCCCCC(C)CC.CCCO. The van der Waals surface area contributed by atoms with Crippen LogP contribution in [0.3, 0.4) is 0 Å². The first-order valence-electron chi connectivity index (χ1n) is 12.9. The summed E-state index contributed by atoms with van der Waals surface area (Å²) < 4.78 is 14.0. The van der Waals surface area contributed by atoms with Crippen LogP contribution in [0.4, 0.5) is 4.39 Å². The van der Waals surface area contributed by atoms with Crippen LogP contribution in [0.25, 0.3) is 0 Å². The van der Waals surface area contributed by atoms with Gasteiger partial charge in [-0.15, -0.1) is 0 Å². The van der Waals surface area contributed by atoms with E-state index in [1.54, 1.807) is 19.9 Å². The molecule has 0 fully saturated rings. The average Bonchev–Trinajstić information content (AvgIpc) is 2.97. The molecule has 0 saturated heterocycles. The van der Waals surface area contributed by atoms with Crippen molar-refractivity contribution in [1.82, 2.24) is 0 Å². The van der Waals surface area contributed by atoms with E-state index < -0.39 is 5.82 Å². The van der Waals surface area contributed by atoms with Crippen LogP contribution in [-0.4, -0.2) is 34.8 Å². The van der Waals surface area contributed by atoms with Gasteiger partial charge < -0.3 is 15.9 Å². The highest BCUT2D eigenvalue weighted by molar-refractivity contribution is 6.48. The molecule has 1 atom stereocenters. The molecule has 1 aromatic rings. The van der Waals surface area contributed by atoms with Gasteiger partial charge in [-0.3, -0.25) is 4.99 Å². The first-order valence-corrected chi connectivity index (χ1v) is 12.9. The number of aliphatic hydroxyl groups excluding tert-OH is 1. The Morgan fingerprint density at radius 3 is 2.18 bits per heavy atom. The van der Waals surface area contributed by atoms with E-state index in [-0.39, 0.29) is 11.3 Å². The Bertz CT molecular complexity index is 733. The van der Waals surface area contributed by atoms with Crippen LogP contribution in [-0.2, 0) is 0 Å². The van der Waals surface area contributed by atoms with Gasteiger partial charge in [-0.2, -0.15) is 0 Å². The zero-order valence-electron chi connectivity index (χ0n) is 22.9. The number of rotatable bonds is 8. The smallest absolute Gasteiger partial charge is 0.136 e. The molecule has 2 rings (SSSR count). The van der Waals surface area contributed by atoms with Crippen molar-refractivity contribution in [2.24, 2.45) is 21.6 Å². The van der Waals surface area contributed by atoms with E-state index in [2.05, 4.69) is 30.8 Å². The van der Waals surface area contributed by atoms with Crippen LogP contribution in [0.2, 0.25) is 0 Å². The van der Waals surface area contributed by atoms with Gasteiger partial charge in [-0.1, -0.05) is 80.1 Å². The lowest BCUT2D eigenvalue weighted by molar-refractivity contribution is 0.295. The molecule has 1 heterocycles. The lowest BCUT2D eigenvalue weighted by atomic mass is 10.0. The number of hydrogen-bond donors (Lipinski definition) is 3. The molecule has 1 unspecified atom stereocenters. The molecule has 0 saturated carbocycles. The highest BCUT2D eigenvalue weighted by Gasteiger charge is 2.19. The van der Waals surface area contributed by atoms with E-state index in [0.717, 1.165) is 12.3 Å². The van der Waals surface area contributed by atoms with Crippen molar-refractivity contribution in [3.05, 3.63) is 41.0 Å². The summed E-state index contributed by atoms with van der Waals surface area (Å²) in [5.74, 6) is 0.651. The van der Waals surface area contributed by atoms with Gasteiger partial charge in [-0.05, 0) is 50.0 Å². The summed E-state index contributed by atoms with van der Waals surface area (Å²) in [6.45, 7) is 16.9. The number of unbranched alkanes of at least 4 members (excludes halogenated alkanes) is 3. The summed E-state index contributed by atoms with van der Waals surface area (Å²) in [5.41, 5.74) is 7.15. The van der Waals surface area contributed by atoms with Gasteiger partial charge in [-0.25, -0.2) is 9.38 Å². The Morgan fingerprint density at radius 1 is 1.06 bits per heavy atom. The molecule has 1 aliphatic rings. The summed E-state index contributed by atoms with van der Waals surface area (Å²) in [6, 6.07) is 2.85. The van der Waals surface area contributed by atoms with Crippen molar-refractivity contribution in [2.75, 3.05) is 13.2 Å². The van der Waals surface area contributed by atoms with E-state index in [1.807, 2.05) is 20.8 Å². The quantitative estimate of drug-likeness (QED) is 0.341. The fraction of sp³-hybridized carbons (Fsp3) is 0.643. The van der Waals surface area contributed by atoms with Crippen LogP contribution in [0.5, 0.6) is 5.75 Å². The van der Waals surface area contributed by atoms with Crippen molar-refractivity contribution in [3.8, 4) is 5.75 Å². The number of aliphatic imine (C=N–C) groups is 2. The lowest BCUT2D eigenvalue weighted by Crippen LogP contribution is -2.15. The van der Waals surface area contributed by atoms with Gasteiger partial charge in [0.1, 0.15) is 17.4 Å². The zero-order chi connectivity index (χ0) is 26.5. The zero-order valence-corrected chi connectivity index (χ0v) is 22.9. The number of aryl methyl sites for hydroxylation is 1. The number of phenols is 1. The van der Waals surface area contributed by atoms with E-state index in [9.17, 15) is 9.50 Å². The number of phenolic OH excluding ortho intramolecular Hbond substituents is 1. The molecular formula is C28H50FN3O2. The Balaban J connectivity index is 0. The monoisotopic (exact) mass is 479 g/mol. The third kappa shape index (κ3) is 14.8. The van der Waals surface area contributed by atoms with Gasteiger partial charge in [0.05, 0.1) is 23.5 Å². The van der Waals surface area contributed by atoms with Crippen molar-refractivity contribution in [3.63, 3.8) is 0 Å². The second-order valence-electron chi connectivity index (χ2n) is 8.24. The average molecular weight is 480 g/mol. The van der Waals surface area contributed by atoms with Crippen LogP contribution in [0.15, 0.2) is 34.0 Å².